The van der Waals surface area contributed by atoms with Crippen molar-refractivity contribution in [3.63, 3.8) is 0 Å². The summed E-state index contributed by atoms with van der Waals surface area (Å²) in [5.41, 5.74) is 3.06. The van der Waals surface area contributed by atoms with Gasteiger partial charge in [0.05, 0.1) is 36.1 Å². The smallest absolute Gasteiger partial charge is 0.230 e. The van der Waals surface area contributed by atoms with Gasteiger partial charge in [-0.15, -0.1) is 0 Å². The number of ether oxygens (including phenoxy) is 2. The van der Waals surface area contributed by atoms with Crippen LogP contribution in [-0.2, 0) is 16.1 Å². The molecule has 1 aromatic heterocycles. The number of carbonyl (C=O) groups is 1. The molecule has 0 aliphatic carbocycles. The Bertz CT molecular complexity index is 995. The molecule has 7 nitrogen and oxygen atoms in total. The number of hydrogen-bond acceptors (Lipinski definition) is 6. The lowest BCUT2D eigenvalue weighted by molar-refractivity contribution is -0.119. The van der Waals surface area contributed by atoms with Crippen molar-refractivity contribution in [2.24, 2.45) is 0 Å². The van der Waals surface area contributed by atoms with E-state index in [1.165, 1.54) is 17.3 Å². The van der Waals surface area contributed by atoms with E-state index in [2.05, 4.69) is 44.5 Å². The van der Waals surface area contributed by atoms with E-state index in [0.717, 1.165) is 41.6 Å². The van der Waals surface area contributed by atoms with Crippen molar-refractivity contribution in [2.75, 3.05) is 38.6 Å². The van der Waals surface area contributed by atoms with E-state index in [1.54, 1.807) is 0 Å². The van der Waals surface area contributed by atoms with Gasteiger partial charge in [-0.05, 0) is 24.6 Å². The van der Waals surface area contributed by atoms with E-state index < -0.39 is 0 Å². The topological polar surface area (TPSA) is 79.5 Å². The van der Waals surface area contributed by atoms with Crippen LogP contribution in [0.5, 0.6) is 5.75 Å². The highest BCUT2D eigenvalue weighted by molar-refractivity contribution is 7.99. The zero-order valence-electron chi connectivity index (χ0n) is 17.7. The van der Waals surface area contributed by atoms with Gasteiger partial charge in [-0.2, -0.15) is 0 Å². The van der Waals surface area contributed by atoms with Crippen molar-refractivity contribution in [1.82, 2.24) is 20.2 Å². The fourth-order valence-electron chi connectivity index (χ4n) is 3.59. The number of imidazole rings is 1. The molecule has 1 aliphatic rings. The van der Waals surface area contributed by atoms with E-state index in [-0.39, 0.29) is 12.0 Å². The molecule has 2 N–H and O–H groups in total. The lowest BCUT2D eigenvalue weighted by Crippen LogP contribution is -2.47. The predicted molar refractivity (Wildman–Crippen MR) is 122 cm³/mol. The van der Waals surface area contributed by atoms with Crippen LogP contribution < -0.4 is 10.1 Å². The van der Waals surface area contributed by atoms with Crippen LogP contribution in [0.2, 0.25) is 0 Å². The number of nitrogens with one attached hydrogen (secondary N) is 2. The summed E-state index contributed by atoms with van der Waals surface area (Å²) in [6.07, 6.45) is 0.00889. The highest BCUT2D eigenvalue weighted by atomic mass is 32.2. The summed E-state index contributed by atoms with van der Waals surface area (Å²) in [4.78, 5) is 22.5. The third-order valence-electron chi connectivity index (χ3n) is 5.08. The molecule has 1 saturated heterocycles. The van der Waals surface area contributed by atoms with Gasteiger partial charge in [0.25, 0.3) is 0 Å². The Morgan fingerprint density at radius 3 is 3.03 bits per heavy atom. The summed E-state index contributed by atoms with van der Waals surface area (Å²) >= 11 is 1.39. The Balaban J connectivity index is 1.21. The molecule has 4 rings (SSSR count). The van der Waals surface area contributed by atoms with E-state index in [0.29, 0.717) is 25.5 Å². The summed E-state index contributed by atoms with van der Waals surface area (Å²) in [7, 11) is 0. The first-order valence-corrected chi connectivity index (χ1v) is 11.6. The van der Waals surface area contributed by atoms with Crippen molar-refractivity contribution >= 4 is 28.7 Å². The van der Waals surface area contributed by atoms with Gasteiger partial charge in [0.15, 0.2) is 5.16 Å². The second-order valence-corrected chi connectivity index (χ2v) is 8.42. The Hall–Kier alpha value is -2.55. The Morgan fingerprint density at radius 2 is 2.19 bits per heavy atom. The highest BCUT2D eigenvalue weighted by Gasteiger charge is 2.21. The van der Waals surface area contributed by atoms with Gasteiger partial charge in [-0.25, -0.2) is 4.98 Å². The number of H-pyrrole nitrogens is 1. The van der Waals surface area contributed by atoms with E-state index in [1.807, 2.05) is 31.2 Å². The minimum Gasteiger partial charge on any atom is -0.494 e. The molecule has 164 valence electrons. The standard InChI is InChI=1S/C23H28N4O3S/c1-2-29-18-8-9-20-21(12-18)26-23(25-20)31-16-22(28)24-13-19-15-27(10-11-30-19)14-17-6-4-3-5-7-17/h3-9,12,19H,2,10-11,13-16H2,1H3,(H,24,28)(H,25,26). The molecular weight excluding hydrogens is 412 g/mol. The number of morpholine rings is 1. The first kappa shape index (κ1) is 21.7. The minimum absolute atomic E-state index is 0.00889. The van der Waals surface area contributed by atoms with Crippen LogP contribution in [0.3, 0.4) is 0 Å². The third kappa shape index (κ3) is 6.22. The normalized spacial score (nSPS) is 17.0. The van der Waals surface area contributed by atoms with E-state index in [9.17, 15) is 4.79 Å². The number of hydrogen-bond donors (Lipinski definition) is 2. The quantitative estimate of drug-likeness (QED) is 0.498. The largest absolute Gasteiger partial charge is 0.494 e. The minimum atomic E-state index is -0.0238. The van der Waals surface area contributed by atoms with Gasteiger partial charge in [0, 0.05) is 32.2 Å². The molecule has 1 fully saturated rings. The Labute approximate surface area is 186 Å². The Morgan fingerprint density at radius 1 is 1.32 bits per heavy atom. The second kappa shape index (κ2) is 10.7. The first-order chi connectivity index (χ1) is 15.2. The average molecular weight is 441 g/mol. The van der Waals surface area contributed by atoms with Crippen molar-refractivity contribution < 1.29 is 14.3 Å². The first-order valence-electron chi connectivity index (χ1n) is 10.6. The van der Waals surface area contributed by atoms with Gasteiger partial charge >= 0.3 is 0 Å². The van der Waals surface area contributed by atoms with Crippen LogP contribution in [0.4, 0.5) is 0 Å². The SMILES string of the molecule is CCOc1ccc2nc(SCC(=O)NCC3CN(Cc4ccccc4)CCO3)[nH]c2c1. The number of thioether (sulfide) groups is 1. The average Bonchev–Trinajstić information content (AvgIpc) is 3.20. The maximum Gasteiger partial charge on any atom is 0.230 e. The predicted octanol–water partition coefficient (Wildman–Crippen LogP) is 3.07. The van der Waals surface area contributed by atoms with Gasteiger partial charge in [0.2, 0.25) is 5.91 Å². The molecule has 31 heavy (non-hydrogen) atoms. The van der Waals surface area contributed by atoms with Crippen molar-refractivity contribution in [2.45, 2.75) is 24.7 Å². The summed E-state index contributed by atoms with van der Waals surface area (Å²) < 4.78 is 11.4. The number of aromatic nitrogens is 2. The molecule has 0 saturated carbocycles. The molecule has 1 unspecified atom stereocenters. The molecule has 0 spiro atoms. The zero-order valence-corrected chi connectivity index (χ0v) is 18.5. The third-order valence-corrected chi connectivity index (χ3v) is 5.95. The van der Waals surface area contributed by atoms with Crippen LogP contribution in [0, 0.1) is 0 Å². The number of benzene rings is 2. The van der Waals surface area contributed by atoms with Gasteiger partial charge < -0.3 is 19.8 Å². The van der Waals surface area contributed by atoms with Crippen LogP contribution in [0.25, 0.3) is 11.0 Å². The van der Waals surface area contributed by atoms with Gasteiger partial charge in [-0.1, -0.05) is 42.1 Å². The van der Waals surface area contributed by atoms with Crippen LogP contribution in [0.1, 0.15) is 12.5 Å². The van der Waals surface area contributed by atoms with Crippen molar-refractivity contribution in [3.05, 3.63) is 54.1 Å². The number of nitrogens with zero attached hydrogens (tertiary/aromatic N) is 2. The maximum absolute atomic E-state index is 12.3. The molecule has 2 heterocycles. The number of rotatable bonds is 9. The molecule has 0 radical (unpaired) electrons. The number of aromatic amines is 1. The van der Waals surface area contributed by atoms with Crippen molar-refractivity contribution in [3.8, 4) is 5.75 Å². The molecular formula is C23H28N4O3S. The van der Waals surface area contributed by atoms with Crippen LogP contribution in [0.15, 0.2) is 53.7 Å². The summed E-state index contributed by atoms with van der Waals surface area (Å²) in [6, 6.07) is 16.2. The number of carbonyl (C=O) groups excluding carboxylic acids is 1. The fourth-order valence-corrected chi connectivity index (χ4v) is 4.31. The van der Waals surface area contributed by atoms with E-state index in [4.69, 9.17) is 9.47 Å². The molecule has 1 amide bonds. The second-order valence-electron chi connectivity index (χ2n) is 7.46. The number of amides is 1. The molecule has 3 aromatic rings. The van der Waals surface area contributed by atoms with E-state index >= 15 is 0 Å². The van der Waals surface area contributed by atoms with Gasteiger partial charge in [-0.3, -0.25) is 9.69 Å². The lowest BCUT2D eigenvalue weighted by Gasteiger charge is -2.33. The summed E-state index contributed by atoms with van der Waals surface area (Å²) in [5, 5.41) is 3.72. The van der Waals surface area contributed by atoms with Crippen LogP contribution in [-0.4, -0.2) is 65.5 Å². The molecule has 2 aromatic carbocycles. The molecule has 1 aliphatic heterocycles. The summed E-state index contributed by atoms with van der Waals surface area (Å²) in [5.74, 6) is 1.09. The maximum atomic E-state index is 12.3. The van der Waals surface area contributed by atoms with Crippen LogP contribution >= 0.6 is 11.8 Å². The number of fused-ring (bicyclic) bond motifs is 1. The molecule has 1 atom stereocenters. The highest BCUT2D eigenvalue weighted by Crippen LogP contribution is 2.23. The van der Waals surface area contributed by atoms with Crippen molar-refractivity contribution in [1.29, 1.82) is 0 Å². The van der Waals surface area contributed by atoms with Gasteiger partial charge in [0.1, 0.15) is 5.75 Å². The Kier molecular flexibility index (Phi) is 7.45. The lowest BCUT2D eigenvalue weighted by atomic mass is 10.2. The molecule has 0 bridgehead atoms. The molecule has 8 heteroatoms. The zero-order chi connectivity index (χ0) is 21.5. The fraction of sp³-hybridized carbons (Fsp3) is 0.391. The summed E-state index contributed by atoms with van der Waals surface area (Å²) in [6.45, 7) is 6.40. The monoisotopic (exact) mass is 440 g/mol.